The molecule has 0 amide bonds. The zero-order chi connectivity index (χ0) is 12.4. The fourth-order valence-electron chi connectivity index (χ4n) is 2.57. The number of aromatic nitrogens is 1. The van der Waals surface area contributed by atoms with Crippen LogP contribution in [0.5, 0.6) is 0 Å². The van der Waals surface area contributed by atoms with Crippen molar-refractivity contribution in [2.75, 3.05) is 13.2 Å². The Labute approximate surface area is 107 Å². The number of fused-ring (bicyclic) bond motifs is 1. The number of nitrogens with two attached hydrogens (primary N) is 1. The first kappa shape index (κ1) is 11.4. The summed E-state index contributed by atoms with van der Waals surface area (Å²) >= 11 is 0. The van der Waals surface area contributed by atoms with Crippen LogP contribution in [0, 0.1) is 0 Å². The third-order valence-corrected chi connectivity index (χ3v) is 3.42. The fraction of sp³-hybridized carbons (Fsp3) is 0.267. The van der Waals surface area contributed by atoms with E-state index in [4.69, 9.17) is 10.5 Å². The van der Waals surface area contributed by atoms with Gasteiger partial charge in [-0.2, -0.15) is 0 Å². The second kappa shape index (κ2) is 4.88. The first-order valence-electron chi connectivity index (χ1n) is 6.24. The summed E-state index contributed by atoms with van der Waals surface area (Å²) in [6.45, 7) is 1.27. The van der Waals surface area contributed by atoms with E-state index in [1.54, 1.807) is 6.20 Å². The Morgan fingerprint density at radius 2 is 2.22 bits per heavy atom. The van der Waals surface area contributed by atoms with Crippen LogP contribution in [-0.2, 0) is 11.2 Å². The normalized spacial score (nSPS) is 18.4. The molecule has 1 aliphatic rings. The van der Waals surface area contributed by atoms with E-state index < -0.39 is 0 Å². The van der Waals surface area contributed by atoms with Gasteiger partial charge in [-0.1, -0.05) is 24.3 Å². The lowest BCUT2D eigenvalue weighted by molar-refractivity contribution is 0.0486. The SMILES string of the molecule is NC[C@@H]1OCCc2c(-c3cccnc3)cccc21. The smallest absolute Gasteiger partial charge is 0.0950 e. The van der Waals surface area contributed by atoms with E-state index in [2.05, 4.69) is 29.2 Å². The van der Waals surface area contributed by atoms with Crippen LogP contribution in [-0.4, -0.2) is 18.1 Å². The van der Waals surface area contributed by atoms with Crippen molar-refractivity contribution in [2.45, 2.75) is 12.5 Å². The predicted octanol–water partition coefficient (Wildman–Crippen LogP) is 2.32. The number of nitrogens with zero attached hydrogens (tertiary/aromatic N) is 1. The summed E-state index contributed by atoms with van der Waals surface area (Å²) in [6.07, 6.45) is 4.68. The van der Waals surface area contributed by atoms with Gasteiger partial charge in [-0.15, -0.1) is 0 Å². The standard InChI is InChI=1S/C15H16N2O/c16-9-15-14-5-1-4-12(13(14)6-8-18-15)11-3-2-7-17-10-11/h1-5,7,10,15H,6,8-9,16H2/t15-/m0/s1. The molecular weight excluding hydrogens is 224 g/mol. The topological polar surface area (TPSA) is 48.1 Å². The van der Waals surface area contributed by atoms with Gasteiger partial charge in [0.1, 0.15) is 0 Å². The van der Waals surface area contributed by atoms with Crippen molar-refractivity contribution in [1.82, 2.24) is 4.98 Å². The van der Waals surface area contributed by atoms with Crippen LogP contribution in [0.3, 0.4) is 0 Å². The summed E-state index contributed by atoms with van der Waals surface area (Å²) in [5.74, 6) is 0. The number of pyridine rings is 1. The lowest BCUT2D eigenvalue weighted by atomic mass is 9.90. The van der Waals surface area contributed by atoms with Crippen molar-refractivity contribution in [2.24, 2.45) is 5.73 Å². The first-order chi connectivity index (χ1) is 8.90. The van der Waals surface area contributed by atoms with Crippen molar-refractivity contribution in [1.29, 1.82) is 0 Å². The van der Waals surface area contributed by atoms with Crippen molar-refractivity contribution < 1.29 is 4.74 Å². The van der Waals surface area contributed by atoms with E-state index in [9.17, 15) is 0 Å². The van der Waals surface area contributed by atoms with Crippen LogP contribution in [0.1, 0.15) is 17.2 Å². The van der Waals surface area contributed by atoms with Crippen molar-refractivity contribution >= 4 is 0 Å². The molecule has 0 fully saturated rings. The Morgan fingerprint density at radius 3 is 3.00 bits per heavy atom. The van der Waals surface area contributed by atoms with Gasteiger partial charge in [-0.25, -0.2) is 0 Å². The van der Waals surface area contributed by atoms with Crippen molar-refractivity contribution in [3.63, 3.8) is 0 Å². The van der Waals surface area contributed by atoms with E-state index >= 15 is 0 Å². The monoisotopic (exact) mass is 240 g/mol. The van der Waals surface area contributed by atoms with E-state index in [0.29, 0.717) is 6.54 Å². The maximum absolute atomic E-state index is 5.77. The van der Waals surface area contributed by atoms with Gasteiger partial charge in [0.05, 0.1) is 12.7 Å². The minimum atomic E-state index is 0.0328. The van der Waals surface area contributed by atoms with Gasteiger partial charge in [-0.3, -0.25) is 4.98 Å². The zero-order valence-corrected chi connectivity index (χ0v) is 10.2. The molecule has 2 heterocycles. The van der Waals surface area contributed by atoms with Crippen LogP contribution >= 0.6 is 0 Å². The molecule has 1 atom stereocenters. The fourth-order valence-corrected chi connectivity index (χ4v) is 2.57. The molecule has 0 radical (unpaired) electrons. The van der Waals surface area contributed by atoms with E-state index in [0.717, 1.165) is 18.6 Å². The Bertz CT molecular complexity index is 539. The highest BCUT2D eigenvalue weighted by molar-refractivity contribution is 5.68. The van der Waals surface area contributed by atoms with Gasteiger partial charge in [0.15, 0.2) is 0 Å². The third-order valence-electron chi connectivity index (χ3n) is 3.42. The summed E-state index contributed by atoms with van der Waals surface area (Å²) in [6, 6.07) is 10.4. The Hall–Kier alpha value is -1.71. The quantitative estimate of drug-likeness (QED) is 0.876. The molecule has 0 spiro atoms. The van der Waals surface area contributed by atoms with Crippen LogP contribution in [0.15, 0.2) is 42.7 Å². The van der Waals surface area contributed by atoms with Gasteiger partial charge >= 0.3 is 0 Å². The van der Waals surface area contributed by atoms with Gasteiger partial charge in [0.25, 0.3) is 0 Å². The summed E-state index contributed by atoms with van der Waals surface area (Å²) in [5.41, 5.74) is 10.8. The third kappa shape index (κ3) is 1.92. The lowest BCUT2D eigenvalue weighted by Gasteiger charge is -2.27. The number of hydrogen-bond acceptors (Lipinski definition) is 3. The molecule has 1 aliphatic heterocycles. The molecule has 1 aromatic carbocycles. The Balaban J connectivity index is 2.12. The molecule has 2 aromatic rings. The predicted molar refractivity (Wildman–Crippen MR) is 71.1 cm³/mol. The number of benzene rings is 1. The largest absolute Gasteiger partial charge is 0.372 e. The summed E-state index contributed by atoms with van der Waals surface area (Å²) in [7, 11) is 0. The maximum atomic E-state index is 5.77. The molecule has 0 unspecified atom stereocenters. The van der Waals surface area contributed by atoms with Gasteiger partial charge in [-0.05, 0) is 29.2 Å². The molecule has 1 aromatic heterocycles. The maximum Gasteiger partial charge on any atom is 0.0950 e. The van der Waals surface area contributed by atoms with Gasteiger partial charge in [0, 0.05) is 24.5 Å². The molecule has 2 N–H and O–H groups in total. The van der Waals surface area contributed by atoms with E-state index in [1.807, 2.05) is 12.3 Å². The molecule has 3 rings (SSSR count). The van der Waals surface area contributed by atoms with Crippen LogP contribution in [0.25, 0.3) is 11.1 Å². The molecular formula is C15H16N2O. The minimum Gasteiger partial charge on any atom is -0.372 e. The lowest BCUT2D eigenvalue weighted by Crippen LogP contribution is -2.23. The molecule has 0 aliphatic carbocycles. The number of rotatable bonds is 2. The van der Waals surface area contributed by atoms with E-state index in [1.165, 1.54) is 16.7 Å². The minimum absolute atomic E-state index is 0.0328. The van der Waals surface area contributed by atoms with Gasteiger partial charge in [0.2, 0.25) is 0 Å². The Morgan fingerprint density at radius 1 is 1.28 bits per heavy atom. The summed E-state index contributed by atoms with van der Waals surface area (Å²) in [5, 5.41) is 0. The van der Waals surface area contributed by atoms with Crippen molar-refractivity contribution in [3.05, 3.63) is 53.9 Å². The highest BCUT2D eigenvalue weighted by atomic mass is 16.5. The van der Waals surface area contributed by atoms with Crippen molar-refractivity contribution in [3.8, 4) is 11.1 Å². The molecule has 0 bridgehead atoms. The summed E-state index contributed by atoms with van der Waals surface area (Å²) < 4.78 is 5.70. The summed E-state index contributed by atoms with van der Waals surface area (Å²) in [4.78, 5) is 4.19. The van der Waals surface area contributed by atoms with Gasteiger partial charge < -0.3 is 10.5 Å². The number of hydrogen-bond donors (Lipinski definition) is 1. The van der Waals surface area contributed by atoms with E-state index in [-0.39, 0.29) is 6.10 Å². The molecule has 92 valence electrons. The molecule has 0 saturated heterocycles. The molecule has 3 nitrogen and oxygen atoms in total. The average Bonchev–Trinajstić information content (AvgIpc) is 2.47. The molecule has 0 saturated carbocycles. The van der Waals surface area contributed by atoms with Crippen LogP contribution in [0.4, 0.5) is 0 Å². The first-order valence-corrected chi connectivity index (χ1v) is 6.24. The average molecular weight is 240 g/mol. The molecule has 18 heavy (non-hydrogen) atoms. The second-order valence-electron chi connectivity index (χ2n) is 4.46. The molecule has 3 heteroatoms. The highest BCUT2D eigenvalue weighted by Crippen LogP contribution is 2.33. The second-order valence-corrected chi connectivity index (χ2v) is 4.46. The van der Waals surface area contributed by atoms with Crippen LogP contribution in [0.2, 0.25) is 0 Å². The zero-order valence-electron chi connectivity index (χ0n) is 10.2. The Kier molecular flexibility index (Phi) is 3.09. The number of ether oxygens (including phenoxy) is 1. The van der Waals surface area contributed by atoms with Crippen LogP contribution < -0.4 is 5.73 Å². The highest BCUT2D eigenvalue weighted by Gasteiger charge is 2.21.